The van der Waals surface area contributed by atoms with Gasteiger partial charge in [0.05, 0.1) is 0 Å². The maximum Gasteiger partial charge on any atom is 0.00922 e. The molecule has 0 aliphatic heterocycles. The zero-order valence-electron chi connectivity index (χ0n) is 11.9. The minimum Gasteiger partial charge on any atom is -0.317 e. The van der Waals surface area contributed by atoms with Crippen LogP contribution in [0.3, 0.4) is 0 Å². The highest BCUT2D eigenvalue weighted by atomic mass is 14.9. The predicted octanol–water partition coefficient (Wildman–Crippen LogP) is 4.29. The first kappa shape index (κ1) is 13.1. The van der Waals surface area contributed by atoms with Crippen LogP contribution in [0, 0.1) is 10.8 Å². The lowest BCUT2D eigenvalue weighted by Gasteiger charge is -2.56. The molecule has 1 atom stereocenters. The van der Waals surface area contributed by atoms with Crippen molar-refractivity contribution >= 4 is 0 Å². The van der Waals surface area contributed by atoms with Crippen LogP contribution in [0.4, 0.5) is 0 Å². The third-order valence-electron chi connectivity index (χ3n) is 5.96. The smallest absolute Gasteiger partial charge is 0.00922 e. The van der Waals surface area contributed by atoms with Crippen molar-refractivity contribution in [2.24, 2.45) is 10.8 Å². The van der Waals surface area contributed by atoms with Gasteiger partial charge in [-0.1, -0.05) is 25.5 Å². The van der Waals surface area contributed by atoms with E-state index < -0.39 is 0 Å². The Morgan fingerprint density at radius 1 is 1.18 bits per heavy atom. The standard InChI is InChI=1S/C16H29N/c1-5-6-13(2)15-7-10-16(11-8-15,12-9-15)14(3)17-4/h14,17H,2,5-12H2,1,3-4H3. The van der Waals surface area contributed by atoms with Gasteiger partial charge in [0.15, 0.2) is 0 Å². The summed E-state index contributed by atoms with van der Waals surface area (Å²) in [6.07, 6.45) is 11.0. The first-order valence-electron chi connectivity index (χ1n) is 7.44. The fraction of sp³-hybridized carbons (Fsp3) is 0.875. The van der Waals surface area contributed by atoms with Crippen molar-refractivity contribution in [1.82, 2.24) is 5.32 Å². The second-order valence-electron chi connectivity index (χ2n) is 6.51. The number of hydrogen-bond donors (Lipinski definition) is 1. The van der Waals surface area contributed by atoms with Gasteiger partial charge >= 0.3 is 0 Å². The monoisotopic (exact) mass is 235 g/mol. The molecule has 1 heteroatoms. The molecule has 0 aromatic carbocycles. The normalized spacial score (nSPS) is 38.1. The van der Waals surface area contributed by atoms with E-state index in [4.69, 9.17) is 0 Å². The fourth-order valence-corrected chi connectivity index (χ4v) is 4.27. The van der Waals surface area contributed by atoms with E-state index in [1.54, 1.807) is 5.57 Å². The van der Waals surface area contributed by atoms with E-state index >= 15 is 0 Å². The average molecular weight is 235 g/mol. The minimum absolute atomic E-state index is 0.533. The molecule has 0 aromatic heterocycles. The third kappa shape index (κ3) is 2.07. The van der Waals surface area contributed by atoms with Crippen LogP contribution >= 0.6 is 0 Å². The molecule has 1 nitrogen and oxygen atoms in total. The molecule has 3 aliphatic rings. The molecule has 98 valence electrons. The molecule has 17 heavy (non-hydrogen) atoms. The Bertz CT molecular complexity index is 267. The van der Waals surface area contributed by atoms with E-state index in [2.05, 4.69) is 32.8 Å². The lowest BCUT2D eigenvalue weighted by Crippen LogP contribution is -2.51. The van der Waals surface area contributed by atoms with Crippen molar-refractivity contribution in [2.75, 3.05) is 7.05 Å². The summed E-state index contributed by atoms with van der Waals surface area (Å²) >= 11 is 0. The van der Waals surface area contributed by atoms with E-state index in [9.17, 15) is 0 Å². The molecule has 3 aliphatic carbocycles. The van der Waals surface area contributed by atoms with Crippen molar-refractivity contribution in [1.29, 1.82) is 0 Å². The number of allylic oxidation sites excluding steroid dienone is 1. The highest BCUT2D eigenvalue weighted by Gasteiger charge is 2.51. The van der Waals surface area contributed by atoms with Crippen LogP contribution in [0.5, 0.6) is 0 Å². The van der Waals surface area contributed by atoms with Crippen LogP contribution in [-0.2, 0) is 0 Å². The van der Waals surface area contributed by atoms with Crippen LogP contribution in [0.2, 0.25) is 0 Å². The van der Waals surface area contributed by atoms with Crippen molar-refractivity contribution in [3.63, 3.8) is 0 Å². The fourth-order valence-electron chi connectivity index (χ4n) is 4.27. The molecule has 3 saturated carbocycles. The molecule has 0 saturated heterocycles. The summed E-state index contributed by atoms with van der Waals surface area (Å²) in [5.41, 5.74) is 2.69. The van der Waals surface area contributed by atoms with Gasteiger partial charge in [-0.3, -0.25) is 0 Å². The van der Waals surface area contributed by atoms with Crippen molar-refractivity contribution in [3.8, 4) is 0 Å². The maximum atomic E-state index is 4.41. The molecule has 0 aromatic rings. The van der Waals surface area contributed by atoms with Gasteiger partial charge in [-0.15, -0.1) is 0 Å². The molecule has 1 unspecified atom stereocenters. The van der Waals surface area contributed by atoms with Gasteiger partial charge in [0.25, 0.3) is 0 Å². The highest BCUT2D eigenvalue weighted by molar-refractivity contribution is 5.17. The first-order chi connectivity index (χ1) is 8.08. The van der Waals surface area contributed by atoms with E-state index in [-0.39, 0.29) is 0 Å². The van der Waals surface area contributed by atoms with Crippen molar-refractivity contribution in [3.05, 3.63) is 12.2 Å². The van der Waals surface area contributed by atoms with Crippen molar-refractivity contribution in [2.45, 2.75) is 71.3 Å². The third-order valence-corrected chi connectivity index (χ3v) is 5.96. The Morgan fingerprint density at radius 2 is 1.71 bits per heavy atom. The van der Waals surface area contributed by atoms with Crippen LogP contribution in [0.15, 0.2) is 12.2 Å². The molecular formula is C16H29N. The molecular weight excluding hydrogens is 206 g/mol. The Hall–Kier alpha value is -0.300. The van der Waals surface area contributed by atoms with Crippen LogP contribution in [0.1, 0.15) is 65.2 Å². The number of hydrogen-bond acceptors (Lipinski definition) is 1. The zero-order valence-corrected chi connectivity index (χ0v) is 11.9. The number of fused-ring (bicyclic) bond motifs is 3. The quantitative estimate of drug-likeness (QED) is 0.701. The topological polar surface area (TPSA) is 12.0 Å². The summed E-state index contributed by atoms with van der Waals surface area (Å²) < 4.78 is 0. The van der Waals surface area contributed by atoms with Gasteiger partial charge < -0.3 is 5.32 Å². The molecule has 0 heterocycles. The van der Waals surface area contributed by atoms with Gasteiger partial charge in [-0.2, -0.15) is 0 Å². The molecule has 0 radical (unpaired) electrons. The Labute approximate surface area is 107 Å². The summed E-state index contributed by atoms with van der Waals surface area (Å²) in [4.78, 5) is 0. The first-order valence-corrected chi connectivity index (χ1v) is 7.44. The summed E-state index contributed by atoms with van der Waals surface area (Å²) in [6.45, 7) is 9.06. The number of rotatable bonds is 5. The van der Waals surface area contributed by atoms with Gasteiger partial charge in [-0.25, -0.2) is 0 Å². The lowest BCUT2D eigenvalue weighted by atomic mass is 9.50. The van der Waals surface area contributed by atoms with E-state index in [0.717, 1.165) is 0 Å². The number of nitrogens with one attached hydrogen (secondary N) is 1. The highest BCUT2D eigenvalue weighted by Crippen LogP contribution is 2.61. The van der Waals surface area contributed by atoms with Gasteiger partial charge in [0.2, 0.25) is 0 Å². The molecule has 3 rings (SSSR count). The predicted molar refractivity (Wildman–Crippen MR) is 75.1 cm³/mol. The zero-order chi connectivity index (χ0) is 12.5. The van der Waals surface area contributed by atoms with E-state index in [0.29, 0.717) is 16.9 Å². The Kier molecular flexibility index (Phi) is 3.68. The van der Waals surface area contributed by atoms with E-state index in [1.807, 2.05) is 0 Å². The maximum absolute atomic E-state index is 4.41. The summed E-state index contributed by atoms with van der Waals surface area (Å²) in [7, 11) is 2.12. The van der Waals surface area contributed by atoms with Crippen LogP contribution < -0.4 is 5.32 Å². The Morgan fingerprint density at radius 3 is 2.12 bits per heavy atom. The minimum atomic E-state index is 0.533. The molecule has 0 amide bonds. The largest absolute Gasteiger partial charge is 0.317 e. The lowest BCUT2D eigenvalue weighted by molar-refractivity contribution is -0.00898. The van der Waals surface area contributed by atoms with Crippen molar-refractivity contribution < 1.29 is 0 Å². The molecule has 2 bridgehead atoms. The molecule has 0 spiro atoms. The van der Waals surface area contributed by atoms with Crippen LogP contribution in [0.25, 0.3) is 0 Å². The SMILES string of the molecule is C=C(CCC)C12CCC(C(C)NC)(CC1)CC2. The van der Waals surface area contributed by atoms with Gasteiger partial charge in [0.1, 0.15) is 0 Å². The Balaban J connectivity index is 2.07. The van der Waals surface area contributed by atoms with Gasteiger partial charge in [-0.05, 0) is 69.7 Å². The average Bonchev–Trinajstić information content (AvgIpc) is 2.40. The van der Waals surface area contributed by atoms with Crippen LogP contribution in [-0.4, -0.2) is 13.1 Å². The molecule has 1 N–H and O–H groups in total. The summed E-state index contributed by atoms with van der Waals surface area (Å²) in [5.74, 6) is 0. The van der Waals surface area contributed by atoms with Gasteiger partial charge in [0, 0.05) is 6.04 Å². The van der Waals surface area contributed by atoms with E-state index in [1.165, 1.54) is 51.4 Å². The second kappa shape index (κ2) is 4.76. The molecule has 3 fully saturated rings. The second-order valence-corrected chi connectivity index (χ2v) is 6.51. The summed E-state index contributed by atoms with van der Waals surface area (Å²) in [5, 5.41) is 3.50. The summed E-state index contributed by atoms with van der Waals surface area (Å²) in [6, 6.07) is 0.681.